The number of halogens is 1. The monoisotopic (exact) mass is 262 g/mol. The highest BCUT2D eigenvalue weighted by Crippen LogP contribution is 2.23. The average molecular weight is 262 g/mol. The molecule has 0 unspecified atom stereocenters. The summed E-state index contributed by atoms with van der Waals surface area (Å²) >= 11 is 0. The second kappa shape index (κ2) is 4.32. The second-order valence-corrected chi connectivity index (χ2v) is 5.36. The third-order valence-electron chi connectivity index (χ3n) is 2.63. The quantitative estimate of drug-likeness (QED) is 0.632. The van der Waals surface area contributed by atoms with E-state index in [1.807, 2.05) is 0 Å². The number of alkyl halides is 1. The molecule has 2 rings (SSSR count). The number of nitrogens with zero attached hydrogens (tertiary/aromatic N) is 1. The molecule has 0 aliphatic carbocycles. The van der Waals surface area contributed by atoms with Crippen LogP contribution in [0.2, 0.25) is 0 Å². The van der Waals surface area contributed by atoms with Gasteiger partial charge in [0.25, 0.3) is 6.23 Å². The maximum absolute atomic E-state index is 13.5. The normalized spacial score (nSPS) is 25.1. The van der Waals surface area contributed by atoms with Crippen LogP contribution in [0.1, 0.15) is 18.2 Å². The molecule has 5 nitrogen and oxygen atoms in total. The van der Waals surface area contributed by atoms with Crippen molar-refractivity contribution in [1.29, 1.82) is 0 Å². The van der Waals surface area contributed by atoms with E-state index in [9.17, 15) is 12.8 Å². The predicted molar refractivity (Wildman–Crippen MR) is 55.7 cm³/mol. The van der Waals surface area contributed by atoms with Crippen LogP contribution >= 0.6 is 0 Å². The highest BCUT2D eigenvalue weighted by atomic mass is 32.2. The van der Waals surface area contributed by atoms with Crippen LogP contribution in [-0.4, -0.2) is 25.7 Å². The fourth-order valence-electron chi connectivity index (χ4n) is 1.81. The van der Waals surface area contributed by atoms with Crippen LogP contribution in [-0.2, 0) is 14.9 Å². The first-order valence-electron chi connectivity index (χ1n) is 5.14. The van der Waals surface area contributed by atoms with Gasteiger partial charge in [0.2, 0.25) is 0 Å². The molecule has 2 atom stereocenters. The van der Waals surface area contributed by atoms with Gasteiger partial charge >= 0.3 is 15.1 Å². The van der Waals surface area contributed by atoms with Crippen molar-refractivity contribution < 1.29 is 26.7 Å². The molecule has 1 N–H and O–H groups in total. The topological polar surface area (TPSA) is 67.5 Å². The molecule has 1 aliphatic rings. The zero-order valence-electron chi connectivity index (χ0n) is 9.21. The molecule has 2 heterocycles. The molecule has 0 saturated carbocycles. The molecular weight excluding hydrogens is 249 g/mol. The summed E-state index contributed by atoms with van der Waals surface area (Å²) < 4.78 is 51.3. The summed E-state index contributed by atoms with van der Waals surface area (Å²) in [5, 5.41) is -0.355. The molecule has 0 amide bonds. The van der Waals surface area contributed by atoms with Crippen LogP contribution in [0.4, 0.5) is 4.39 Å². The van der Waals surface area contributed by atoms with E-state index in [-0.39, 0.29) is 18.1 Å². The fraction of sp³-hybridized carbons (Fsp3) is 0.500. The number of rotatable bonds is 2. The number of hydrogen-bond acceptors (Lipinski definition) is 3. The van der Waals surface area contributed by atoms with Gasteiger partial charge < -0.3 is 4.74 Å². The Labute approximate surface area is 98.6 Å². The zero-order valence-corrected chi connectivity index (χ0v) is 10.0. The molecular formula is C10H13FNO4S+. The zero-order chi connectivity index (χ0) is 12.6. The summed E-state index contributed by atoms with van der Waals surface area (Å²) in [5.41, 5.74) is 0.655. The second-order valence-electron chi connectivity index (χ2n) is 3.99. The van der Waals surface area contributed by atoms with Gasteiger partial charge in [0.1, 0.15) is 0 Å². The van der Waals surface area contributed by atoms with Gasteiger partial charge in [0, 0.05) is 18.6 Å². The summed E-state index contributed by atoms with van der Waals surface area (Å²) in [4.78, 5) is 0. The molecule has 0 spiro atoms. The molecule has 1 aromatic heterocycles. The number of hydrogen-bond donors (Lipinski definition) is 1. The van der Waals surface area contributed by atoms with Crippen LogP contribution in [0.25, 0.3) is 0 Å². The van der Waals surface area contributed by atoms with Crippen LogP contribution in [0.3, 0.4) is 0 Å². The SMILES string of the molecule is Cc1cc[n+]([C@H]2OCC[C@H]2F)c(S(=O)(=O)O)c1. The largest absolute Gasteiger partial charge is 0.355 e. The highest BCUT2D eigenvalue weighted by molar-refractivity contribution is 7.85. The molecule has 1 aromatic rings. The molecule has 0 radical (unpaired) electrons. The van der Waals surface area contributed by atoms with Gasteiger partial charge in [0.15, 0.2) is 12.4 Å². The Morgan fingerprint density at radius 1 is 1.59 bits per heavy atom. The lowest BCUT2D eigenvalue weighted by Crippen LogP contribution is -2.47. The lowest BCUT2D eigenvalue weighted by Gasteiger charge is -2.10. The van der Waals surface area contributed by atoms with Crippen LogP contribution < -0.4 is 4.57 Å². The third kappa shape index (κ3) is 2.46. The molecule has 94 valence electrons. The Balaban J connectivity index is 2.54. The highest BCUT2D eigenvalue weighted by Gasteiger charge is 2.40. The Morgan fingerprint density at radius 3 is 2.82 bits per heavy atom. The lowest BCUT2D eigenvalue weighted by atomic mass is 10.2. The van der Waals surface area contributed by atoms with Crippen molar-refractivity contribution in [2.45, 2.75) is 30.8 Å². The molecule has 1 fully saturated rings. The fourth-order valence-corrected chi connectivity index (χ4v) is 2.58. The first kappa shape index (κ1) is 12.4. The summed E-state index contributed by atoms with van der Waals surface area (Å²) in [6, 6.07) is 2.91. The average Bonchev–Trinajstić information content (AvgIpc) is 2.63. The van der Waals surface area contributed by atoms with Crippen molar-refractivity contribution in [2.75, 3.05) is 6.61 Å². The van der Waals surface area contributed by atoms with Gasteiger partial charge in [-0.05, 0) is 12.5 Å². The van der Waals surface area contributed by atoms with Crippen LogP contribution in [0, 0.1) is 6.92 Å². The number of aryl methyl sites for hydroxylation is 1. The Hall–Kier alpha value is -1.05. The third-order valence-corrected chi connectivity index (χ3v) is 3.49. The van der Waals surface area contributed by atoms with E-state index >= 15 is 0 Å². The van der Waals surface area contributed by atoms with Gasteiger partial charge in [-0.1, -0.05) is 0 Å². The maximum Gasteiger partial charge on any atom is 0.355 e. The number of ether oxygens (including phenoxy) is 1. The smallest absolute Gasteiger partial charge is 0.318 e. The van der Waals surface area contributed by atoms with Crippen molar-refractivity contribution >= 4 is 10.1 Å². The van der Waals surface area contributed by atoms with E-state index in [2.05, 4.69) is 0 Å². The van der Waals surface area contributed by atoms with Gasteiger partial charge in [0.05, 0.1) is 6.61 Å². The lowest BCUT2D eigenvalue weighted by molar-refractivity contribution is -0.794. The van der Waals surface area contributed by atoms with E-state index in [0.29, 0.717) is 5.56 Å². The van der Waals surface area contributed by atoms with Crippen molar-refractivity contribution in [3.8, 4) is 0 Å². The Morgan fingerprint density at radius 2 is 2.29 bits per heavy atom. The summed E-state index contributed by atoms with van der Waals surface area (Å²) in [7, 11) is -4.40. The van der Waals surface area contributed by atoms with Crippen molar-refractivity contribution in [3.05, 3.63) is 23.9 Å². The first-order chi connectivity index (χ1) is 7.89. The van der Waals surface area contributed by atoms with Crippen molar-refractivity contribution in [1.82, 2.24) is 0 Å². The number of pyridine rings is 1. The summed E-state index contributed by atoms with van der Waals surface area (Å²) in [5.74, 6) is 0. The van der Waals surface area contributed by atoms with E-state index in [1.54, 1.807) is 13.0 Å². The van der Waals surface area contributed by atoms with Crippen LogP contribution in [0.15, 0.2) is 23.4 Å². The molecule has 7 heteroatoms. The van der Waals surface area contributed by atoms with Crippen LogP contribution in [0.5, 0.6) is 0 Å². The molecule has 0 aromatic carbocycles. The minimum absolute atomic E-state index is 0.219. The number of aromatic nitrogens is 1. The van der Waals surface area contributed by atoms with E-state index in [4.69, 9.17) is 9.29 Å². The summed E-state index contributed by atoms with van der Waals surface area (Å²) in [6.45, 7) is 1.92. The minimum atomic E-state index is -4.40. The minimum Gasteiger partial charge on any atom is -0.318 e. The van der Waals surface area contributed by atoms with E-state index in [0.717, 1.165) is 4.57 Å². The molecule has 1 saturated heterocycles. The predicted octanol–water partition coefficient (Wildman–Crippen LogP) is 0.786. The first-order valence-corrected chi connectivity index (χ1v) is 6.58. The van der Waals surface area contributed by atoms with Gasteiger partial charge in [-0.25, -0.2) is 4.39 Å². The van der Waals surface area contributed by atoms with E-state index in [1.165, 1.54) is 12.3 Å². The Bertz CT molecular complexity index is 531. The van der Waals surface area contributed by atoms with E-state index < -0.39 is 22.5 Å². The maximum atomic E-state index is 13.5. The Kier molecular flexibility index (Phi) is 3.15. The van der Waals surface area contributed by atoms with Crippen molar-refractivity contribution in [3.63, 3.8) is 0 Å². The standard InChI is InChI=1S/C10H12FNO4S/c1-7-2-4-12(9(6-7)17(13,14)15)10-8(11)3-5-16-10/h2,4,6,8,10H,3,5H2,1H3/p+1/t8-,10+/m1/s1. The van der Waals surface area contributed by atoms with Gasteiger partial charge in [-0.15, -0.1) is 0 Å². The summed E-state index contributed by atoms with van der Waals surface area (Å²) in [6.07, 6.45) is -0.645. The van der Waals surface area contributed by atoms with Crippen molar-refractivity contribution in [2.24, 2.45) is 0 Å². The molecule has 0 bridgehead atoms. The molecule has 17 heavy (non-hydrogen) atoms. The van der Waals surface area contributed by atoms with Gasteiger partial charge in [-0.3, -0.25) is 4.55 Å². The van der Waals surface area contributed by atoms with Gasteiger partial charge in [-0.2, -0.15) is 13.0 Å². The molecule has 1 aliphatic heterocycles.